The number of benzene rings is 2. The van der Waals surface area contributed by atoms with Gasteiger partial charge in [0.05, 0.1) is 10.3 Å². The van der Waals surface area contributed by atoms with Gasteiger partial charge in [0.1, 0.15) is 6.29 Å². The first-order chi connectivity index (χ1) is 12.0. The molecule has 2 aliphatic heterocycles. The molecule has 3 atom stereocenters. The molecule has 130 valence electrons. The fraction of sp³-hybridized carbons (Fsp3) is 0.350. The van der Waals surface area contributed by atoms with Gasteiger partial charge in [0.2, 0.25) is 10.0 Å². The van der Waals surface area contributed by atoms with E-state index in [-0.39, 0.29) is 12.1 Å². The Morgan fingerprint density at radius 2 is 1.72 bits per heavy atom. The predicted octanol–water partition coefficient (Wildman–Crippen LogP) is 3.06. The first-order valence-electron chi connectivity index (χ1n) is 8.61. The molecule has 0 spiro atoms. The second-order valence-corrected chi connectivity index (χ2v) is 8.97. The summed E-state index contributed by atoms with van der Waals surface area (Å²) >= 11 is 0. The highest BCUT2D eigenvalue weighted by Gasteiger charge is 2.60. The first kappa shape index (κ1) is 16.5. The highest BCUT2D eigenvalue weighted by Crippen LogP contribution is 2.52. The lowest BCUT2D eigenvalue weighted by Gasteiger charge is -2.32. The van der Waals surface area contributed by atoms with Gasteiger partial charge in [-0.05, 0) is 43.9 Å². The molecule has 4 rings (SSSR count). The fourth-order valence-corrected chi connectivity index (χ4v) is 6.44. The van der Waals surface area contributed by atoms with Crippen LogP contribution in [0, 0.1) is 6.92 Å². The fourth-order valence-electron chi connectivity index (χ4n) is 4.51. The number of aryl methyl sites for hydroxylation is 1. The summed E-state index contributed by atoms with van der Waals surface area (Å²) in [5.41, 5.74) is 1.21. The lowest BCUT2D eigenvalue weighted by atomic mass is 9.70. The zero-order chi connectivity index (χ0) is 17.7. The van der Waals surface area contributed by atoms with Crippen LogP contribution in [0.4, 0.5) is 0 Å². The lowest BCUT2D eigenvalue weighted by molar-refractivity contribution is -0.113. The number of carbonyl (C=O) groups is 1. The second-order valence-electron chi connectivity index (χ2n) is 7.12. The van der Waals surface area contributed by atoms with Crippen molar-refractivity contribution in [1.82, 2.24) is 4.31 Å². The first-order valence-corrected chi connectivity index (χ1v) is 10.0. The van der Waals surface area contributed by atoms with E-state index in [0.717, 1.165) is 30.3 Å². The van der Waals surface area contributed by atoms with Gasteiger partial charge in [-0.3, -0.25) is 0 Å². The van der Waals surface area contributed by atoms with Gasteiger partial charge in [-0.2, -0.15) is 4.31 Å². The van der Waals surface area contributed by atoms with Crippen LogP contribution in [-0.2, 0) is 20.2 Å². The van der Waals surface area contributed by atoms with E-state index in [1.165, 1.54) is 0 Å². The van der Waals surface area contributed by atoms with E-state index in [1.54, 1.807) is 16.4 Å². The number of hydrogen-bond donors (Lipinski definition) is 0. The zero-order valence-electron chi connectivity index (χ0n) is 14.1. The molecule has 2 bridgehead atoms. The van der Waals surface area contributed by atoms with Crippen molar-refractivity contribution < 1.29 is 13.2 Å². The Morgan fingerprint density at radius 1 is 1.04 bits per heavy atom. The molecule has 0 amide bonds. The molecule has 0 aromatic heterocycles. The van der Waals surface area contributed by atoms with Crippen molar-refractivity contribution in [3.63, 3.8) is 0 Å². The summed E-state index contributed by atoms with van der Waals surface area (Å²) in [6.45, 7) is 1.93. The van der Waals surface area contributed by atoms with Crippen molar-refractivity contribution in [3.05, 3.63) is 65.7 Å². The Hall–Kier alpha value is -1.98. The van der Waals surface area contributed by atoms with Crippen LogP contribution < -0.4 is 0 Å². The molecule has 2 saturated heterocycles. The van der Waals surface area contributed by atoms with Gasteiger partial charge < -0.3 is 4.79 Å². The molecule has 0 saturated carbocycles. The molecule has 0 radical (unpaired) electrons. The molecule has 25 heavy (non-hydrogen) atoms. The quantitative estimate of drug-likeness (QED) is 0.792. The minimum Gasteiger partial charge on any atom is -0.302 e. The number of rotatable bonds is 4. The van der Waals surface area contributed by atoms with Crippen LogP contribution >= 0.6 is 0 Å². The van der Waals surface area contributed by atoms with E-state index >= 15 is 0 Å². The summed E-state index contributed by atoms with van der Waals surface area (Å²) in [6, 6.07) is 16.1. The molecular formula is C20H21NO3S. The highest BCUT2D eigenvalue weighted by atomic mass is 32.2. The van der Waals surface area contributed by atoms with Crippen LogP contribution in [0.1, 0.15) is 30.4 Å². The third kappa shape index (κ3) is 2.37. The highest BCUT2D eigenvalue weighted by molar-refractivity contribution is 7.89. The summed E-state index contributed by atoms with van der Waals surface area (Å²) in [7, 11) is -3.61. The van der Waals surface area contributed by atoms with Gasteiger partial charge in [0, 0.05) is 12.1 Å². The average Bonchev–Trinajstić information content (AvgIpc) is 3.20. The number of sulfonamides is 1. The van der Waals surface area contributed by atoms with Crippen LogP contribution in [0.5, 0.6) is 0 Å². The molecule has 2 fully saturated rings. The van der Waals surface area contributed by atoms with Crippen LogP contribution in [0.25, 0.3) is 0 Å². The number of fused-ring (bicyclic) bond motifs is 2. The van der Waals surface area contributed by atoms with Crippen molar-refractivity contribution >= 4 is 16.3 Å². The number of carbonyl (C=O) groups excluding carboxylic acids is 1. The Labute approximate surface area is 148 Å². The third-order valence-electron chi connectivity index (χ3n) is 5.73. The van der Waals surface area contributed by atoms with E-state index in [0.29, 0.717) is 11.3 Å². The molecule has 0 aliphatic carbocycles. The van der Waals surface area contributed by atoms with Gasteiger partial charge in [-0.15, -0.1) is 0 Å². The Bertz CT molecular complexity index is 892. The average molecular weight is 355 g/mol. The molecular weight excluding hydrogens is 334 g/mol. The van der Waals surface area contributed by atoms with E-state index in [4.69, 9.17) is 0 Å². The summed E-state index contributed by atoms with van der Waals surface area (Å²) in [6.07, 6.45) is 3.08. The lowest BCUT2D eigenvalue weighted by Crippen LogP contribution is -2.44. The Morgan fingerprint density at radius 3 is 2.36 bits per heavy atom. The maximum atomic E-state index is 13.3. The van der Waals surface area contributed by atoms with Crippen molar-refractivity contribution in [3.8, 4) is 0 Å². The van der Waals surface area contributed by atoms with Gasteiger partial charge in [-0.25, -0.2) is 8.42 Å². The van der Waals surface area contributed by atoms with E-state index in [1.807, 2.05) is 49.4 Å². The van der Waals surface area contributed by atoms with E-state index in [2.05, 4.69) is 0 Å². The molecule has 2 aromatic carbocycles. The van der Waals surface area contributed by atoms with Gasteiger partial charge in [-0.1, -0.05) is 48.0 Å². The van der Waals surface area contributed by atoms with Gasteiger partial charge in [0.25, 0.3) is 0 Å². The summed E-state index contributed by atoms with van der Waals surface area (Å²) in [4.78, 5) is 12.5. The second kappa shape index (κ2) is 5.78. The Balaban J connectivity index is 1.78. The van der Waals surface area contributed by atoms with Crippen LogP contribution in [0.2, 0.25) is 0 Å². The number of aldehydes is 1. The zero-order valence-corrected chi connectivity index (χ0v) is 14.9. The molecule has 5 heteroatoms. The van der Waals surface area contributed by atoms with Crippen molar-refractivity contribution in [2.45, 2.75) is 48.6 Å². The maximum absolute atomic E-state index is 13.3. The van der Waals surface area contributed by atoms with Crippen LogP contribution in [0.15, 0.2) is 59.5 Å². The largest absolute Gasteiger partial charge is 0.302 e. The predicted molar refractivity (Wildman–Crippen MR) is 95.8 cm³/mol. The van der Waals surface area contributed by atoms with Crippen LogP contribution in [0.3, 0.4) is 0 Å². The maximum Gasteiger partial charge on any atom is 0.243 e. The molecule has 4 nitrogen and oxygen atoms in total. The van der Waals surface area contributed by atoms with Crippen LogP contribution in [-0.4, -0.2) is 31.1 Å². The van der Waals surface area contributed by atoms with Crippen molar-refractivity contribution in [2.75, 3.05) is 0 Å². The summed E-state index contributed by atoms with van der Waals surface area (Å²) < 4.78 is 28.1. The number of nitrogens with zero attached hydrogens (tertiary/aromatic N) is 1. The van der Waals surface area contributed by atoms with Crippen molar-refractivity contribution in [2.24, 2.45) is 0 Å². The molecule has 0 N–H and O–H groups in total. The summed E-state index contributed by atoms with van der Waals surface area (Å²) in [5.74, 6) is 0. The minimum absolute atomic E-state index is 0.110. The Kier molecular flexibility index (Phi) is 3.81. The van der Waals surface area contributed by atoms with E-state index in [9.17, 15) is 13.2 Å². The third-order valence-corrected chi connectivity index (χ3v) is 7.70. The van der Waals surface area contributed by atoms with Crippen molar-refractivity contribution in [1.29, 1.82) is 0 Å². The molecule has 2 aromatic rings. The van der Waals surface area contributed by atoms with Gasteiger partial charge >= 0.3 is 0 Å². The standard InChI is InChI=1S/C20H21NO3S/c1-15-7-10-18(11-8-15)25(23,24)21-17-9-12-19(21)20(13-17,14-22)16-5-3-2-4-6-16/h2-8,10-11,14,17,19H,9,12-13H2,1H3/t17-,19+,20+/m1/s1. The number of hydrogen-bond acceptors (Lipinski definition) is 3. The monoisotopic (exact) mass is 355 g/mol. The summed E-state index contributed by atoms with van der Waals surface area (Å²) in [5, 5.41) is 0. The molecule has 2 aliphatic rings. The smallest absolute Gasteiger partial charge is 0.243 e. The molecule has 2 heterocycles. The minimum atomic E-state index is -3.61. The topological polar surface area (TPSA) is 54.5 Å². The normalized spacial score (nSPS) is 29.0. The SMILES string of the molecule is Cc1ccc(S(=O)(=O)N2[C@@H]3CC[C@H]2[C@@](C=O)(c2ccccc2)C3)cc1. The molecule has 0 unspecified atom stereocenters. The van der Waals surface area contributed by atoms with Gasteiger partial charge in [0.15, 0.2) is 0 Å². The van der Waals surface area contributed by atoms with E-state index < -0.39 is 15.4 Å².